The average molecular weight is 266 g/mol. The highest BCUT2D eigenvalue weighted by atomic mass is 35.5. The average Bonchev–Trinajstić information content (AvgIpc) is 2.37. The van der Waals surface area contributed by atoms with Crippen LogP contribution in [0.5, 0.6) is 0 Å². The van der Waals surface area contributed by atoms with Crippen LogP contribution in [-0.2, 0) is 17.6 Å². The number of rotatable bonds is 3. The molecule has 98 valence electrons. The van der Waals surface area contributed by atoms with E-state index < -0.39 is 5.38 Å². The number of carbonyl (C=O) groups is 1. The summed E-state index contributed by atoms with van der Waals surface area (Å²) in [6, 6.07) is 6.58. The van der Waals surface area contributed by atoms with Crippen molar-refractivity contribution in [2.45, 2.75) is 50.9 Å². The Morgan fingerprint density at radius 1 is 1.22 bits per heavy atom. The quantitative estimate of drug-likeness (QED) is 0.834. The number of amides is 1. The maximum absolute atomic E-state index is 11.6. The lowest BCUT2D eigenvalue weighted by Gasteiger charge is -2.20. The van der Waals surface area contributed by atoms with Crippen molar-refractivity contribution in [3.63, 3.8) is 0 Å². The normalized spacial score (nSPS) is 17.7. The number of hydrogen-bond acceptors (Lipinski definition) is 1. The van der Waals surface area contributed by atoms with Gasteiger partial charge in [0.2, 0.25) is 5.91 Å². The van der Waals surface area contributed by atoms with Crippen molar-refractivity contribution >= 4 is 17.5 Å². The molecule has 1 aliphatic carbocycles. The monoisotopic (exact) mass is 265 g/mol. The Balaban J connectivity index is 2.11. The highest BCUT2D eigenvalue weighted by Gasteiger charge is 2.16. The molecule has 0 saturated carbocycles. The molecule has 1 N–H and O–H groups in total. The van der Waals surface area contributed by atoms with E-state index in [9.17, 15) is 4.79 Å². The largest absolute Gasteiger partial charge is 0.348 e. The highest BCUT2D eigenvalue weighted by molar-refractivity contribution is 6.30. The van der Waals surface area contributed by atoms with Crippen LogP contribution in [0, 0.1) is 0 Å². The Morgan fingerprint density at radius 3 is 2.56 bits per heavy atom. The number of halogens is 1. The molecule has 2 atom stereocenters. The first-order valence-corrected chi connectivity index (χ1v) is 7.07. The molecule has 3 heteroatoms. The number of nitrogens with one attached hydrogen (secondary N) is 1. The van der Waals surface area contributed by atoms with E-state index in [1.54, 1.807) is 6.92 Å². The van der Waals surface area contributed by atoms with Gasteiger partial charge in [-0.1, -0.05) is 18.2 Å². The Hall–Kier alpha value is -1.02. The number of carbonyl (C=O) groups excluding carboxylic acids is 1. The summed E-state index contributed by atoms with van der Waals surface area (Å²) in [5, 5.41) is 2.45. The van der Waals surface area contributed by atoms with Gasteiger partial charge in [-0.05, 0) is 56.2 Å². The molecule has 1 aromatic rings. The topological polar surface area (TPSA) is 29.1 Å². The van der Waals surface area contributed by atoms with Gasteiger partial charge in [0, 0.05) is 0 Å². The van der Waals surface area contributed by atoms with E-state index >= 15 is 0 Å². The van der Waals surface area contributed by atoms with Gasteiger partial charge in [0.25, 0.3) is 0 Å². The first-order valence-electron chi connectivity index (χ1n) is 6.64. The van der Waals surface area contributed by atoms with Crippen LogP contribution in [0.25, 0.3) is 0 Å². The van der Waals surface area contributed by atoms with Crippen molar-refractivity contribution in [1.82, 2.24) is 5.32 Å². The van der Waals surface area contributed by atoms with Gasteiger partial charge in [-0.15, -0.1) is 11.6 Å². The lowest BCUT2D eigenvalue weighted by Crippen LogP contribution is -2.32. The molecule has 1 amide bonds. The summed E-state index contributed by atoms with van der Waals surface area (Å²) in [6.07, 6.45) is 4.92. The number of fused-ring (bicyclic) bond motifs is 1. The van der Waals surface area contributed by atoms with Gasteiger partial charge in [-0.3, -0.25) is 4.79 Å². The molecule has 0 heterocycles. The Kier molecular flexibility index (Phi) is 4.28. The number of aryl methyl sites for hydroxylation is 2. The zero-order chi connectivity index (χ0) is 13.1. The van der Waals surface area contributed by atoms with Crippen LogP contribution >= 0.6 is 11.6 Å². The second kappa shape index (κ2) is 5.75. The fourth-order valence-electron chi connectivity index (χ4n) is 2.43. The molecule has 1 aliphatic rings. The maximum atomic E-state index is 11.6. The van der Waals surface area contributed by atoms with E-state index in [0.29, 0.717) is 0 Å². The van der Waals surface area contributed by atoms with E-state index in [1.165, 1.54) is 36.0 Å². The lowest BCUT2D eigenvalue weighted by molar-refractivity contribution is -0.121. The van der Waals surface area contributed by atoms with Gasteiger partial charge in [0.1, 0.15) is 5.38 Å². The maximum Gasteiger partial charge on any atom is 0.238 e. The van der Waals surface area contributed by atoms with Crippen LogP contribution < -0.4 is 5.32 Å². The highest BCUT2D eigenvalue weighted by Crippen LogP contribution is 2.24. The Labute approximate surface area is 114 Å². The van der Waals surface area contributed by atoms with Crippen molar-refractivity contribution in [3.05, 3.63) is 34.9 Å². The second-order valence-electron chi connectivity index (χ2n) is 5.08. The fourth-order valence-corrected chi connectivity index (χ4v) is 2.50. The zero-order valence-corrected chi connectivity index (χ0v) is 11.8. The third-order valence-electron chi connectivity index (χ3n) is 3.59. The summed E-state index contributed by atoms with van der Waals surface area (Å²) >= 11 is 5.76. The van der Waals surface area contributed by atoms with Crippen molar-refractivity contribution < 1.29 is 4.79 Å². The summed E-state index contributed by atoms with van der Waals surface area (Å²) in [7, 11) is 0. The molecule has 1 aromatic carbocycles. The van der Waals surface area contributed by atoms with Gasteiger partial charge in [0.05, 0.1) is 6.04 Å². The molecule has 0 saturated heterocycles. The first-order chi connectivity index (χ1) is 8.58. The zero-order valence-electron chi connectivity index (χ0n) is 11.0. The molecule has 0 unspecified atom stereocenters. The molecule has 0 aromatic heterocycles. The van der Waals surface area contributed by atoms with E-state index in [2.05, 4.69) is 23.5 Å². The van der Waals surface area contributed by atoms with Gasteiger partial charge in [-0.2, -0.15) is 0 Å². The minimum Gasteiger partial charge on any atom is -0.348 e. The summed E-state index contributed by atoms with van der Waals surface area (Å²) in [6.45, 7) is 3.69. The molecular formula is C15H20ClNO. The van der Waals surface area contributed by atoms with E-state index in [-0.39, 0.29) is 11.9 Å². The third-order valence-corrected chi connectivity index (χ3v) is 3.79. The summed E-state index contributed by atoms with van der Waals surface area (Å²) in [5.74, 6) is -0.109. The van der Waals surface area contributed by atoms with E-state index in [4.69, 9.17) is 11.6 Å². The van der Waals surface area contributed by atoms with Crippen molar-refractivity contribution in [2.75, 3.05) is 0 Å². The van der Waals surface area contributed by atoms with Crippen LogP contribution in [0.2, 0.25) is 0 Å². The minimum absolute atomic E-state index is 0.0194. The predicted octanol–water partition coefficient (Wildman–Crippen LogP) is 3.37. The predicted molar refractivity (Wildman–Crippen MR) is 75.0 cm³/mol. The van der Waals surface area contributed by atoms with Crippen LogP contribution in [-0.4, -0.2) is 11.3 Å². The van der Waals surface area contributed by atoms with Crippen molar-refractivity contribution in [2.24, 2.45) is 0 Å². The molecular weight excluding hydrogens is 246 g/mol. The Morgan fingerprint density at radius 2 is 1.89 bits per heavy atom. The summed E-state index contributed by atoms with van der Waals surface area (Å²) in [5.41, 5.74) is 4.08. The smallest absolute Gasteiger partial charge is 0.238 e. The molecule has 0 aliphatic heterocycles. The molecule has 2 nitrogen and oxygen atoms in total. The van der Waals surface area contributed by atoms with Gasteiger partial charge in [-0.25, -0.2) is 0 Å². The number of benzene rings is 1. The third kappa shape index (κ3) is 3.05. The second-order valence-corrected chi connectivity index (χ2v) is 5.74. The molecule has 18 heavy (non-hydrogen) atoms. The molecule has 0 bridgehead atoms. The van der Waals surface area contributed by atoms with Gasteiger partial charge < -0.3 is 5.32 Å². The standard InChI is InChI=1S/C15H20ClNO/c1-10(16)15(18)17-11(2)13-8-7-12-5-3-4-6-14(12)9-13/h7-11H,3-6H2,1-2H3,(H,17,18)/t10-,11+/m0/s1. The molecule has 2 rings (SSSR count). The summed E-state index contributed by atoms with van der Waals surface area (Å²) in [4.78, 5) is 11.6. The van der Waals surface area contributed by atoms with Crippen LogP contribution in [0.3, 0.4) is 0 Å². The minimum atomic E-state index is -0.481. The molecule has 0 fully saturated rings. The van der Waals surface area contributed by atoms with Crippen molar-refractivity contribution in [1.29, 1.82) is 0 Å². The van der Waals surface area contributed by atoms with Crippen LogP contribution in [0.4, 0.5) is 0 Å². The first kappa shape index (κ1) is 13.4. The fraction of sp³-hybridized carbons (Fsp3) is 0.533. The van der Waals surface area contributed by atoms with Crippen LogP contribution in [0.1, 0.15) is 49.4 Å². The van der Waals surface area contributed by atoms with Gasteiger partial charge in [0.15, 0.2) is 0 Å². The molecule has 0 spiro atoms. The Bertz CT molecular complexity index is 442. The van der Waals surface area contributed by atoms with E-state index in [0.717, 1.165) is 6.42 Å². The lowest BCUT2D eigenvalue weighted by atomic mass is 9.89. The van der Waals surface area contributed by atoms with E-state index in [1.807, 2.05) is 6.92 Å². The number of alkyl halides is 1. The number of hydrogen-bond donors (Lipinski definition) is 1. The molecule has 0 radical (unpaired) electrons. The summed E-state index contributed by atoms with van der Waals surface area (Å²) < 4.78 is 0. The van der Waals surface area contributed by atoms with Crippen LogP contribution in [0.15, 0.2) is 18.2 Å². The van der Waals surface area contributed by atoms with Crippen molar-refractivity contribution in [3.8, 4) is 0 Å². The van der Waals surface area contributed by atoms with Gasteiger partial charge >= 0.3 is 0 Å². The SMILES string of the molecule is C[C@H](Cl)C(=O)N[C@H](C)c1ccc2c(c1)CCCC2.